The second-order valence-electron chi connectivity index (χ2n) is 24.5. The van der Waals surface area contributed by atoms with Crippen LogP contribution in [0.15, 0.2) is 60.8 Å². The second-order valence-corrected chi connectivity index (χ2v) is 26.0. The molecule has 3 N–H and O–H groups in total. The third kappa shape index (κ3) is 63.6. The van der Waals surface area contributed by atoms with Crippen molar-refractivity contribution in [2.24, 2.45) is 0 Å². The van der Waals surface area contributed by atoms with Crippen LogP contribution in [0, 0.1) is 0 Å². The molecule has 0 aliphatic rings. The average molecular weight is 1130 g/mol. The molecule has 79 heavy (non-hydrogen) atoms. The summed E-state index contributed by atoms with van der Waals surface area (Å²) in [5, 5.41) is 14.0. The second kappa shape index (κ2) is 60.8. The molecular formula is C70H134N2O6P+. The predicted octanol–water partition coefficient (Wildman–Crippen LogP) is 21.6. The summed E-state index contributed by atoms with van der Waals surface area (Å²) in [6, 6.07) is -0.872. The molecule has 9 heteroatoms. The number of likely N-dealkylation sites (N-methyl/N-ethyl adjacent to an activating group) is 1. The molecule has 0 aromatic rings. The van der Waals surface area contributed by atoms with Crippen LogP contribution in [-0.2, 0) is 18.4 Å². The highest BCUT2D eigenvalue weighted by Gasteiger charge is 2.28. The minimum atomic E-state index is -4.36. The minimum absolute atomic E-state index is 0.0536. The molecule has 0 aliphatic heterocycles. The number of allylic oxidation sites excluding steroid dienone is 9. The number of amides is 1. The molecule has 0 fully saturated rings. The lowest BCUT2D eigenvalue weighted by Gasteiger charge is -2.25. The van der Waals surface area contributed by atoms with E-state index in [4.69, 9.17) is 9.05 Å². The third-order valence-electron chi connectivity index (χ3n) is 15.4. The van der Waals surface area contributed by atoms with Gasteiger partial charge in [-0.2, -0.15) is 0 Å². The fourth-order valence-electron chi connectivity index (χ4n) is 10.1. The number of carbonyl (C=O) groups is 1. The Hall–Kier alpha value is -1.80. The van der Waals surface area contributed by atoms with Gasteiger partial charge in [-0.05, 0) is 77.0 Å². The van der Waals surface area contributed by atoms with E-state index in [1.54, 1.807) is 6.08 Å². The molecule has 0 heterocycles. The molecule has 0 rings (SSSR count). The SMILES string of the molecule is CCCCCCC/C=C\C/C=C\CCCCCCCCCCCCCCCCCCCCCCCC(=O)NC(COP(=O)(O)OCC[N+](C)(C)C)C(O)/C=C/CC/C=C/CC/C=C/CCCCCCCCCCCCCCCC. The van der Waals surface area contributed by atoms with Crippen LogP contribution in [0.2, 0.25) is 0 Å². The van der Waals surface area contributed by atoms with Gasteiger partial charge in [0.1, 0.15) is 13.2 Å². The van der Waals surface area contributed by atoms with Gasteiger partial charge in [0.05, 0.1) is 39.9 Å². The predicted molar refractivity (Wildman–Crippen MR) is 346 cm³/mol. The first-order chi connectivity index (χ1) is 38.5. The van der Waals surface area contributed by atoms with E-state index in [0.717, 1.165) is 51.4 Å². The number of quaternary nitrogens is 1. The molecule has 0 radical (unpaired) electrons. The summed E-state index contributed by atoms with van der Waals surface area (Å²) in [6.07, 6.45) is 83.7. The maximum absolute atomic E-state index is 13.0. The van der Waals surface area contributed by atoms with Crippen LogP contribution in [0.3, 0.4) is 0 Å². The summed E-state index contributed by atoms with van der Waals surface area (Å²) in [5.41, 5.74) is 0. The number of carbonyl (C=O) groups excluding carboxylic acids is 1. The highest BCUT2D eigenvalue weighted by atomic mass is 31.2. The fraction of sp³-hybridized carbons (Fsp3) is 0.843. The van der Waals surface area contributed by atoms with Gasteiger partial charge in [-0.3, -0.25) is 13.8 Å². The van der Waals surface area contributed by atoms with E-state index in [1.807, 2.05) is 27.2 Å². The van der Waals surface area contributed by atoms with Gasteiger partial charge in [-0.25, -0.2) is 4.57 Å². The molecular weight excluding hydrogens is 996 g/mol. The minimum Gasteiger partial charge on any atom is -0.387 e. The van der Waals surface area contributed by atoms with Crippen molar-refractivity contribution in [1.82, 2.24) is 5.32 Å². The zero-order valence-corrected chi connectivity index (χ0v) is 54.0. The number of aliphatic hydroxyl groups is 1. The zero-order valence-electron chi connectivity index (χ0n) is 53.1. The molecule has 0 bridgehead atoms. The van der Waals surface area contributed by atoms with Gasteiger partial charge in [-0.15, -0.1) is 0 Å². The quantitative estimate of drug-likeness (QED) is 0.0243. The summed E-state index contributed by atoms with van der Waals surface area (Å²) in [7, 11) is 1.56. The zero-order chi connectivity index (χ0) is 57.7. The molecule has 3 atom stereocenters. The normalized spacial score (nSPS) is 14.1. The molecule has 0 saturated carbocycles. The largest absolute Gasteiger partial charge is 0.472 e. The topological polar surface area (TPSA) is 105 Å². The monoisotopic (exact) mass is 1130 g/mol. The Morgan fingerprint density at radius 1 is 0.430 bits per heavy atom. The molecule has 0 aromatic carbocycles. The van der Waals surface area contributed by atoms with Crippen LogP contribution in [0.25, 0.3) is 0 Å². The Balaban J connectivity index is 4.10. The number of nitrogens with zero attached hydrogens (tertiary/aromatic N) is 1. The van der Waals surface area contributed by atoms with E-state index in [1.165, 1.54) is 257 Å². The van der Waals surface area contributed by atoms with Crippen molar-refractivity contribution in [3.63, 3.8) is 0 Å². The van der Waals surface area contributed by atoms with Crippen molar-refractivity contribution in [3.05, 3.63) is 60.8 Å². The van der Waals surface area contributed by atoms with Crippen molar-refractivity contribution in [2.45, 2.75) is 341 Å². The van der Waals surface area contributed by atoms with Gasteiger partial charge in [0.25, 0.3) is 0 Å². The molecule has 0 aliphatic carbocycles. The van der Waals surface area contributed by atoms with Crippen molar-refractivity contribution >= 4 is 13.7 Å². The summed E-state index contributed by atoms with van der Waals surface area (Å²) in [4.78, 5) is 23.4. The van der Waals surface area contributed by atoms with Gasteiger partial charge in [0, 0.05) is 6.42 Å². The standard InChI is InChI=1S/C70H133N2O6P/c1-6-8-10-12-14-16-18-20-22-24-26-28-30-32-33-34-35-36-37-38-39-40-42-44-46-48-50-52-54-56-58-60-62-64-70(74)71-68(67-78-79(75,76)77-66-65-72(3,4)5)69(73)63-61-59-57-55-53-51-49-47-45-43-41-31-29-27-25-23-21-19-17-15-13-11-9-7-2/h18,20,24,26,45,47,53,55,61,63,68-69,73H,6-17,19,21-23,25,27-44,46,48-52,54,56-60,62,64-67H2,1-5H3,(H-,71,74,75,76)/p+1/b20-18-,26-24-,47-45+,55-53+,63-61+. The molecule has 3 unspecified atom stereocenters. The van der Waals surface area contributed by atoms with Crippen LogP contribution in [0.4, 0.5) is 0 Å². The Morgan fingerprint density at radius 3 is 1.09 bits per heavy atom. The van der Waals surface area contributed by atoms with Crippen LogP contribution < -0.4 is 5.32 Å². The van der Waals surface area contributed by atoms with Gasteiger partial charge in [0.15, 0.2) is 0 Å². The van der Waals surface area contributed by atoms with Crippen LogP contribution >= 0.6 is 7.82 Å². The van der Waals surface area contributed by atoms with E-state index >= 15 is 0 Å². The summed E-state index contributed by atoms with van der Waals surface area (Å²) < 4.78 is 23.8. The molecule has 0 spiro atoms. The van der Waals surface area contributed by atoms with Crippen LogP contribution in [0.1, 0.15) is 328 Å². The maximum atomic E-state index is 13.0. The lowest BCUT2D eigenvalue weighted by molar-refractivity contribution is -0.870. The number of aliphatic hydroxyl groups excluding tert-OH is 1. The van der Waals surface area contributed by atoms with Crippen LogP contribution in [0.5, 0.6) is 0 Å². The van der Waals surface area contributed by atoms with Gasteiger partial charge in [-0.1, -0.05) is 306 Å². The van der Waals surface area contributed by atoms with E-state index in [2.05, 4.69) is 67.8 Å². The van der Waals surface area contributed by atoms with Gasteiger partial charge in [0.2, 0.25) is 5.91 Å². The van der Waals surface area contributed by atoms with Crippen molar-refractivity contribution in [1.29, 1.82) is 0 Å². The lowest BCUT2D eigenvalue weighted by atomic mass is 10.0. The number of phosphoric acid groups is 1. The first-order valence-electron chi connectivity index (χ1n) is 34.2. The van der Waals surface area contributed by atoms with E-state index < -0.39 is 20.0 Å². The van der Waals surface area contributed by atoms with Gasteiger partial charge < -0.3 is 19.8 Å². The maximum Gasteiger partial charge on any atom is 0.472 e. The lowest BCUT2D eigenvalue weighted by Crippen LogP contribution is -2.45. The van der Waals surface area contributed by atoms with E-state index in [9.17, 15) is 19.4 Å². The van der Waals surface area contributed by atoms with E-state index in [0.29, 0.717) is 17.4 Å². The number of phosphoric ester groups is 1. The summed E-state index contributed by atoms with van der Waals surface area (Å²) in [6.45, 7) is 4.82. The summed E-state index contributed by atoms with van der Waals surface area (Å²) >= 11 is 0. The molecule has 1 amide bonds. The Kier molecular flexibility index (Phi) is 59.4. The highest BCUT2D eigenvalue weighted by Crippen LogP contribution is 2.43. The number of hydrogen-bond acceptors (Lipinski definition) is 5. The average Bonchev–Trinajstić information content (AvgIpc) is 3.42. The first kappa shape index (κ1) is 77.2. The smallest absolute Gasteiger partial charge is 0.387 e. The number of rotatable bonds is 63. The summed E-state index contributed by atoms with van der Waals surface area (Å²) in [5.74, 6) is -0.186. The fourth-order valence-corrected chi connectivity index (χ4v) is 10.8. The van der Waals surface area contributed by atoms with Crippen molar-refractivity contribution in [2.75, 3.05) is 40.9 Å². The molecule has 0 saturated heterocycles. The Bertz CT molecular complexity index is 1470. The van der Waals surface area contributed by atoms with Crippen molar-refractivity contribution < 1.29 is 32.9 Å². The molecule has 0 aromatic heterocycles. The molecule has 8 nitrogen and oxygen atoms in total. The highest BCUT2D eigenvalue weighted by molar-refractivity contribution is 7.47. The number of unbranched alkanes of at least 4 members (excludes halogenated alkanes) is 42. The number of hydrogen-bond donors (Lipinski definition) is 3. The first-order valence-corrected chi connectivity index (χ1v) is 35.7. The number of nitrogens with one attached hydrogen (secondary N) is 1. The van der Waals surface area contributed by atoms with E-state index in [-0.39, 0.29) is 19.1 Å². The Morgan fingerprint density at radius 2 is 0.734 bits per heavy atom. The Labute approximate surface area is 492 Å². The van der Waals surface area contributed by atoms with Crippen LogP contribution in [-0.4, -0.2) is 73.4 Å². The molecule has 464 valence electrons. The van der Waals surface area contributed by atoms with Gasteiger partial charge >= 0.3 is 7.82 Å². The third-order valence-corrected chi connectivity index (χ3v) is 16.4. The van der Waals surface area contributed by atoms with Crippen molar-refractivity contribution in [3.8, 4) is 0 Å².